The topological polar surface area (TPSA) is 84.7 Å². The lowest BCUT2D eigenvalue weighted by Gasteiger charge is -2.11. The van der Waals surface area contributed by atoms with Crippen molar-refractivity contribution in [3.05, 3.63) is 12.7 Å². The average molecular weight is 142 g/mol. The maximum atomic E-state index is 10.7. The quantitative estimate of drug-likeness (QED) is 0.159. The second-order valence-electron chi connectivity index (χ2n) is 1.59. The molecule has 1 amide bonds. The van der Waals surface area contributed by atoms with Crippen LogP contribution in [0.5, 0.6) is 0 Å². The molecule has 5 nitrogen and oxygen atoms in total. The molecule has 0 aromatic rings. The summed E-state index contributed by atoms with van der Waals surface area (Å²) in [6.45, 7) is 3.26. The van der Waals surface area contributed by atoms with Gasteiger partial charge in [-0.25, -0.2) is 0 Å². The summed E-state index contributed by atoms with van der Waals surface area (Å²) < 4.78 is 0. The van der Waals surface area contributed by atoms with Gasteiger partial charge in [0.15, 0.2) is 0 Å². The van der Waals surface area contributed by atoms with Crippen molar-refractivity contribution in [3.8, 4) is 0 Å². The first-order valence-corrected chi connectivity index (χ1v) is 2.57. The molecule has 0 aromatic carbocycles. The Morgan fingerprint density at radius 3 is 2.60 bits per heavy atom. The van der Waals surface area contributed by atoms with Gasteiger partial charge in [0.2, 0.25) is 5.96 Å². The SMILES string of the molecule is C=CC(=O)N(C)/C(N)=N/N. The average Bonchev–Trinajstić information content (AvgIpc) is 2.00. The molecule has 0 spiro atoms. The van der Waals surface area contributed by atoms with Crippen LogP contribution >= 0.6 is 0 Å². The van der Waals surface area contributed by atoms with Crippen LogP contribution in [0.4, 0.5) is 0 Å². The molecule has 0 aliphatic rings. The van der Waals surface area contributed by atoms with Gasteiger partial charge in [-0.05, 0) is 6.08 Å². The summed E-state index contributed by atoms with van der Waals surface area (Å²) >= 11 is 0. The second kappa shape index (κ2) is 3.49. The Labute approximate surface area is 59.0 Å². The highest BCUT2D eigenvalue weighted by Crippen LogP contribution is 1.82. The number of likely N-dealkylation sites (N-methyl/N-ethyl adjacent to an activating group) is 1. The number of hydrogen-bond donors (Lipinski definition) is 2. The first-order chi connectivity index (χ1) is 4.63. The highest BCUT2D eigenvalue weighted by Gasteiger charge is 2.06. The summed E-state index contributed by atoms with van der Waals surface area (Å²) in [6, 6.07) is 0. The van der Waals surface area contributed by atoms with Crippen LogP contribution in [-0.2, 0) is 4.79 Å². The molecular formula is C5H10N4O. The number of amides is 1. The number of hydrogen-bond acceptors (Lipinski definition) is 3. The summed E-state index contributed by atoms with van der Waals surface area (Å²) in [6.07, 6.45) is 1.12. The van der Waals surface area contributed by atoms with Crippen LogP contribution in [0, 0.1) is 0 Å². The molecule has 0 heterocycles. The lowest BCUT2D eigenvalue weighted by atomic mass is 10.5. The fourth-order valence-electron chi connectivity index (χ4n) is 0.336. The summed E-state index contributed by atoms with van der Waals surface area (Å²) in [5.74, 6) is 4.42. The van der Waals surface area contributed by atoms with E-state index in [1.165, 1.54) is 7.05 Å². The van der Waals surface area contributed by atoms with Gasteiger partial charge in [-0.15, -0.1) is 5.10 Å². The molecule has 0 fully saturated rings. The lowest BCUT2D eigenvalue weighted by molar-refractivity contribution is -0.121. The maximum Gasteiger partial charge on any atom is 0.252 e. The van der Waals surface area contributed by atoms with E-state index in [4.69, 9.17) is 11.6 Å². The zero-order valence-corrected chi connectivity index (χ0v) is 5.74. The van der Waals surface area contributed by atoms with E-state index in [0.717, 1.165) is 11.0 Å². The highest BCUT2D eigenvalue weighted by atomic mass is 16.2. The van der Waals surface area contributed by atoms with Gasteiger partial charge in [0.25, 0.3) is 5.91 Å². The number of hydrazone groups is 1. The van der Waals surface area contributed by atoms with Gasteiger partial charge in [-0.2, -0.15) is 0 Å². The fraction of sp³-hybridized carbons (Fsp3) is 0.200. The zero-order chi connectivity index (χ0) is 8.15. The van der Waals surface area contributed by atoms with Crippen LogP contribution in [0.2, 0.25) is 0 Å². The Morgan fingerprint density at radius 1 is 1.80 bits per heavy atom. The molecule has 0 bridgehead atoms. The summed E-state index contributed by atoms with van der Waals surface area (Å²) in [5.41, 5.74) is 5.18. The summed E-state index contributed by atoms with van der Waals surface area (Å²) in [7, 11) is 1.45. The van der Waals surface area contributed by atoms with Crippen molar-refractivity contribution in [3.63, 3.8) is 0 Å². The monoisotopic (exact) mass is 142 g/mol. The van der Waals surface area contributed by atoms with Crippen molar-refractivity contribution in [2.24, 2.45) is 16.7 Å². The molecule has 0 aromatic heterocycles. The molecule has 0 aliphatic carbocycles. The van der Waals surface area contributed by atoms with Crippen LogP contribution in [-0.4, -0.2) is 23.8 Å². The Hall–Kier alpha value is -1.52. The predicted octanol–water partition coefficient (Wildman–Crippen LogP) is -1.18. The Kier molecular flexibility index (Phi) is 2.96. The van der Waals surface area contributed by atoms with Crippen LogP contribution in [0.3, 0.4) is 0 Å². The van der Waals surface area contributed by atoms with E-state index in [1.54, 1.807) is 0 Å². The van der Waals surface area contributed by atoms with Gasteiger partial charge in [-0.1, -0.05) is 6.58 Å². The van der Waals surface area contributed by atoms with Crippen molar-refractivity contribution in [2.75, 3.05) is 7.05 Å². The van der Waals surface area contributed by atoms with Gasteiger partial charge >= 0.3 is 0 Å². The third kappa shape index (κ3) is 1.77. The Bertz CT molecular complexity index is 172. The number of carbonyl (C=O) groups is 1. The summed E-state index contributed by atoms with van der Waals surface area (Å²) in [5, 5.41) is 3.11. The smallest absolute Gasteiger partial charge is 0.252 e. The summed E-state index contributed by atoms with van der Waals surface area (Å²) in [4.78, 5) is 11.8. The van der Waals surface area contributed by atoms with E-state index in [-0.39, 0.29) is 11.9 Å². The number of rotatable bonds is 1. The molecular weight excluding hydrogens is 132 g/mol. The first-order valence-electron chi connectivity index (χ1n) is 2.57. The van der Waals surface area contributed by atoms with Crippen molar-refractivity contribution in [1.82, 2.24) is 4.90 Å². The zero-order valence-electron chi connectivity index (χ0n) is 5.74. The minimum atomic E-state index is -0.341. The van der Waals surface area contributed by atoms with Gasteiger partial charge in [0.05, 0.1) is 0 Å². The van der Waals surface area contributed by atoms with E-state index >= 15 is 0 Å². The largest absolute Gasteiger partial charge is 0.368 e. The van der Waals surface area contributed by atoms with E-state index in [1.807, 2.05) is 0 Å². The van der Waals surface area contributed by atoms with Crippen molar-refractivity contribution in [1.29, 1.82) is 0 Å². The Balaban J connectivity index is 4.21. The van der Waals surface area contributed by atoms with Gasteiger partial charge in [0.1, 0.15) is 0 Å². The van der Waals surface area contributed by atoms with E-state index < -0.39 is 0 Å². The molecule has 0 saturated heterocycles. The highest BCUT2D eigenvalue weighted by molar-refractivity contribution is 6.00. The van der Waals surface area contributed by atoms with E-state index in [0.29, 0.717) is 0 Å². The Morgan fingerprint density at radius 2 is 2.30 bits per heavy atom. The second-order valence-corrected chi connectivity index (χ2v) is 1.59. The fourth-order valence-corrected chi connectivity index (χ4v) is 0.336. The van der Waals surface area contributed by atoms with Gasteiger partial charge < -0.3 is 11.6 Å². The number of nitrogens with zero attached hydrogens (tertiary/aromatic N) is 2. The van der Waals surface area contributed by atoms with Gasteiger partial charge in [-0.3, -0.25) is 9.69 Å². The molecule has 0 radical (unpaired) electrons. The van der Waals surface area contributed by atoms with Crippen LogP contribution in [0.25, 0.3) is 0 Å². The van der Waals surface area contributed by atoms with Crippen LogP contribution < -0.4 is 11.6 Å². The van der Waals surface area contributed by atoms with Gasteiger partial charge in [0, 0.05) is 7.05 Å². The molecule has 10 heavy (non-hydrogen) atoms. The maximum absolute atomic E-state index is 10.7. The lowest BCUT2D eigenvalue weighted by Crippen LogP contribution is -2.38. The predicted molar refractivity (Wildman–Crippen MR) is 38.8 cm³/mol. The molecule has 4 N–H and O–H groups in total. The van der Waals surface area contributed by atoms with E-state index in [2.05, 4.69) is 11.7 Å². The first kappa shape index (κ1) is 8.48. The molecule has 5 heteroatoms. The third-order valence-electron chi connectivity index (χ3n) is 0.981. The number of nitrogens with two attached hydrogens (primary N) is 2. The van der Waals surface area contributed by atoms with Crippen LogP contribution in [0.15, 0.2) is 17.8 Å². The van der Waals surface area contributed by atoms with Crippen molar-refractivity contribution in [2.45, 2.75) is 0 Å². The minimum Gasteiger partial charge on any atom is -0.368 e. The standard InChI is InChI=1S/C5H10N4O/c1-3-4(10)9(2)5(6)8-7/h3H,1,7H2,2H3,(H2,6,8). The third-order valence-corrected chi connectivity index (χ3v) is 0.981. The number of guanidine groups is 1. The molecule has 0 atom stereocenters. The van der Waals surface area contributed by atoms with Crippen LogP contribution in [0.1, 0.15) is 0 Å². The molecule has 0 aliphatic heterocycles. The molecule has 0 rings (SSSR count). The molecule has 0 saturated carbocycles. The van der Waals surface area contributed by atoms with Crippen molar-refractivity contribution < 1.29 is 4.79 Å². The molecule has 56 valence electrons. The number of carbonyl (C=O) groups excluding carboxylic acids is 1. The van der Waals surface area contributed by atoms with Crippen molar-refractivity contribution >= 4 is 11.9 Å². The molecule has 0 unspecified atom stereocenters. The minimum absolute atomic E-state index is 0.0371. The normalized spacial score (nSPS) is 10.7. The van der Waals surface area contributed by atoms with E-state index in [9.17, 15) is 4.79 Å².